The van der Waals surface area contributed by atoms with Crippen LogP contribution in [0.25, 0.3) is 10.8 Å². The first-order valence-corrected chi connectivity index (χ1v) is 7.11. The van der Waals surface area contributed by atoms with Gasteiger partial charge in [0.05, 0.1) is 12.0 Å². The Morgan fingerprint density at radius 3 is 2.43 bits per heavy atom. The molecular weight excluding hydrogens is 266 g/mol. The molecule has 0 bridgehead atoms. The zero-order chi connectivity index (χ0) is 14.9. The summed E-state index contributed by atoms with van der Waals surface area (Å²) in [6.07, 6.45) is 2.43. The van der Waals surface area contributed by atoms with Crippen LogP contribution in [-0.2, 0) is 4.79 Å². The molecule has 2 aromatic rings. The Kier molecular flexibility index (Phi) is 3.37. The lowest BCUT2D eigenvalue weighted by Crippen LogP contribution is -2.54. The Bertz CT molecular complexity index is 704. The van der Waals surface area contributed by atoms with Crippen LogP contribution in [0, 0.1) is 0 Å². The predicted octanol–water partition coefficient (Wildman–Crippen LogP) is 2.97. The molecule has 1 fully saturated rings. The fourth-order valence-corrected chi connectivity index (χ4v) is 2.88. The Labute approximate surface area is 122 Å². The number of rotatable bonds is 4. The minimum absolute atomic E-state index is 0.00762. The molecule has 0 spiro atoms. The van der Waals surface area contributed by atoms with Gasteiger partial charge in [0.15, 0.2) is 0 Å². The van der Waals surface area contributed by atoms with Crippen molar-refractivity contribution >= 4 is 22.6 Å². The van der Waals surface area contributed by atoms with Crippen molar-refractivity contribution in [2.45, 2.75) is 31.2 Å². The lowest BCUT2D eigenvalue weighted by atomic mass is 9.74. The smallest absolute Gasteiger partial charge is 0.305 e. The molecule has 0 unspecified atom stereocenters. The zero-order valence-electron chi connectivity index (χ0n) is 11.6. The van der Waals surface area contributed by atoms with Crippen LogP contribution in [0.3, 0.4) is 0 Å². The molecule has 21 heavy (non-hydrogen) atoms. The van der Waals surface area contributed by atoms with Crippen LogP contribution in [0.5, 0.6) is 0 Å². The maximum atomic E-state index is 12.4. The van der Waals surface area contributed by atoms with Crippen LogP contribution in [0.4, 0.5) is 0 Å². The van der Waals surface area contributed by atoms with E-state index in [1.54, 1.807) is 6.07 Å². The number of carbonyl (C=O) groups is 2. The Morgan fingerprint density at radius 1 is 1.10 bits per heavy atom. The topological polar surface area (TPSA) is 66.4 Å². The average Bonchev–Trinajstić information content (AvgIpc) is 2.43. The van der Waals surface area contributed by atoms with Crippen LogP contribution in [0.1, 0.15) is 36.0 Å². The van der Waals surface area contributed by atoms with Crippen LogP contribution in [0.15, 0.2) is 42.5 Å². The van der Waals surface area contributed by atoms with E-state index in [4.69, 9.17) is 5.11 Å². The number of carboxylic acids is 1. The highest BCUT2D eigenvalue weighted by atomic mass is 16.4. The van der Waals surface area contributed by atoms with Crippen LogP contribution < -0.4 is 5.32 Å². The van der Waals surface area contributed by atoms with Crippen LogP contribution in [-0.4, -0.2) is 22.5 Å². The molecule has 0 atom stereocenters. The number of hydrogen-bond acceptors (Lipinski definition) is 2. The molecule has 0 heterocycles. The minimum Gasteiger partial charge on any atom is -0.481 e. The molecule has 0 saturated heterocycles. The third kappa shape index (κ3) is 2.75. The van der Waals surface area contributed by atoms with Gasteiger partial charge in [0.2, 0.25) is 0 Å². The monoisotopic (exact) mass is 283 g/mol. The lowest BCUT2D eigenvalue weighted by molar-refractivity contribution is -0.139. The van der Waals surface area contributed by atoms with E-state index in [1.165, 1.54) is 0 Å². The first kappa shape index (κ1) is 13.6. The molecule has 0 aromatic heterocycles. The van der Waals surface area contributed by atoms with Gasteiger partial charge in [0.1, 0.15) is 0 Å². The van der Waals surface area contributed by atoms with Gasteiger partial charge in [-0.05, 0) is 42.2 Å². The molecule has 4 nitrogen and oxygen atoms in total. The first-order chi connectivity index (χ1) is 10.1. The van der Waals surface area contributed by atoms with Gasteiger partial charge in [-0.25, -0.2) is 0 Å². The summed E-state index contributed by atoms with van der Waals surface area (Å²) >= 11 is 0. The third-order valence-corrected chi connectivity index (χ3v) is 4.19. The van der Waals surface area contributed by atoms with Gasteiger partial charge in [0.25, 0.3) is 5.91 Å². The average molecular weight is 283 g/mol. The summed E-state index contributed by atoms with van der Waals surface area (Å²) in [5.74, 6) is -1.06. The number of carbonyl (C=O) groups excluding carboxylic acids is 1. The fourth-order valence-electron chi connectivity index (χ4n) is 2.88. The van der Waals surface area contributed by atoms with Gasteiger partial charge in [-0.2, -0.15) is 0 Å². The molecule has 1 aliphatic carbocycles. The van der Waals surface area contributed by atoms with Crippen LogP contribution in [0.2, 0.25) is 0 Å². The van der Waals surface area contributed by atoms with E-state index in [2.05, 4.69) is 5.32 Å². The standard InChI is InChI=1S/C17H17NO3/c19-15(20)11-17(8-3-9-17)18-16(21)14-7-6-12-4-1-2-5-13(12)10-14/h1-2,4-7,10H,3,8-9,11H2,(H,18,21)(H,19,20). The molecule has 108 valence electrons. The Balaban J connectivity index is 1.81. The second-order valence-corrected chi connectivity index (χ2v) is 5.72. The van der Waals surface area contributed by atoms with Gasteiger partial charge >= 0.3 is 5.97 Å². The number of carboxylic acid groups (broad SMARTS) is 1. The Morgan fingerprint density at radius 2 is 1.81 bits per heavy atom. The summed E-state index contributed by atoms with van der Waals surface area (Å²) in [4.78, 5) is 23.3. The number of hydrogen-bond donors (Lipinski definition) is 2. The molecular formula is C17H17NO3. The molecule has 2 aromatic carbocycles. The Hall–Kier alpha value is -2.36. The minimum atomic E-state index is -0.867. The quantitative estimate of drug-likeness (QED) is 0.906. The van der Waals surface area contributed by atoms with Crippen molar-refractivity contribution in [3.05, 3.63) is 48.0 Å². The summed E-state index contributed by atoms with van der Waals surface area (Å²) in [6.45, 7) is 0. The fraction of sp³-hybridized carbons (Fsp3) is 0.294. The zero-order valence-corrected chi connectivity index (χ0v) is 11.6. The third-order valence-electron chi connectivity index (χ3n) is 4.19. The van der Waals surface area contributed by atoms with Crippen molar-refractivity contribution < 1.29 is 14.7 Å². The number of aliphatic carboxylic acids is 1. The SMILES string of the molecule is O=C(O)CC1(NC(=O)c2ccc3ccccc3c2)CCC1. The van der Waals surface area contributed by atoms with Crippen molar-refractivity contribution in [1.29, 1.82) is 0 Å². The summed E-state index contributed by atoms with van der Waals surface area (Å²) < 4.78 is 0. The van der Waals surface area contributed by atoms with Crippen LogP contribution >= 0.6 is 0 Å². The van der Waals surface area contributed by atoms with Gasteiger partial charge in [-0.1, -0.05) is 30.3 Å². The summed E-state index contributed by atoms with van der Waals surface area (Å²) in [5, 5.41) is 14.0. The van der Waals surface area contributed by atoms with E-state index >= 15 is 0 Å². The maximum absolute atomic E-state index is 12.4. The normalized spacial score (nSPS) is 16.2. The number of nitrogens with one attached hydrogen (secondary N) is 1. The highest BCUT2D eigenvalue weighted by molar-refractivity contribution is 5.99. The van der Waals surface area contributed by atoms with Crippen molar-refractivity contribution in [1.82, 2.24) is 5.32 Å². The second-order valence-electron chi connectivity index (χ2n) is 5.72. The molecule has 1 aliphatic rings. The molecule has 0 aliphatic heterocycles. The summed E-state index contributed by atoms with van der Waals surface area (Å²) in [6, 6.07) is 13.4. The van der Waals surface area contributed by atoms with Crippen molar-refractivity contribution in [2.75, 3.05) is 0 Å². The van der Waals surface area contributed by atoms with E-state index < -0.39 is 11.5 Å². The molecule has 0 radical (unpaired) electrons. The van der Waals surface area contributed by atoms with E-state index in [0.29, 0.717) is 5.56 Å². The predicted molar refractivity (Wildman–Crippen MR) is 80.2 cm³/mol. The molecule has 1 saturated carbocycles. The number of benzene rings is 2. The van der Waals surface area contributed by atoms with E-state index in [0.717, 1.165) is 30.0 Å². The van der Waals surface area contributed by atoms with Gasteiger partial charge in [-0.15, -0.1) is 0 Å². The highest BCUT2D eigenvalue weighted by Crippen LogP contribution is 2.35. The highest BCUT2D eigenvalue weighted by Gasteiger charge is 2.40. The van der Waals surface area contributed by atoms with Crippen molar-refractivity contribution in [3.8, 4) is 0 Å². The summed E-state index contributed by atoms with van der Waals surface area (Å²) in [5.41, 5.74) is 0.0135. The second kappa shape index (κ2) is 5.20. The van der Waals surface area contributed by atoms with Gasteiger partial charge in [0, 0.05) is 5.56 Å². The first-order valence-electron chi connectivity index (χ1n) is 7.11. The largest absolute Gasteiger partial charge is 0.481 e. The lowest BCUT2D eigenvalue weighted by Gasteiger charge is -2.41. The van der Waals surface area contributed by atoms with Gasteiger partial charge < -0.3 is 10.4 Å². The van der Waals surface area contributed by atoms with E-state index in [-0.39, 0.29) is 12.3 Å². The number of amides is 1. The molecule has 2 N–H and O–H groups in total. The van der Waals surface area contributed by atoms with E-state index in [9.17, 15) is 9.59 Å². The van der Waals surface area contributed by atoms with Crippen molar-refractivity contribution in [2.24, 2.45) is 0 Å². The molecule has 3 rings (SSSR count). The summed E-state index contributed by atoms with van der Waals surface area (Å²) in [7, 11) is 0. The van der Waals surface area contributed by atoms with E-state index in [1.807, 2.05) is 36.4 Å². The van der Waals surface area contributed by atoms with Crippen molar-refractivity contribution in [3.63, 3.8) is 0 Å². The maximum Gasteiger partial charge on any atom is 0.305 e. The molecule has 4 heteroatoms. The molecule has 1 amide bonds. The van der Waals surface area contributed by atoms with Gasteiger partial charge in [-0.3, -0.25) is 9.59 Å². The number of fused-ring (bicyclic) bond motifs is 1.